The molecule has 0 spiro atoms. The Bertz CT molecular complexity index is 482. The summed E-state index contributed by atoms with van der Waals surface area (Å²) in [6.45, 7) is 0. The summed E-state index contributed by atoms with van der Waals surface area (Å²) in [4.78, 5) is 0. The Morgan fingerprint density at radius 2 is 2.20 bits per heavy atom. The fourth-order valence-electron chi connectivity index (χ4n) is 1.08. The van der Waals surface area contributed by atoms with Crippen LogP contribution in [-0.2, 0) is 7.05 Å². The second-order valence-electron chi connectivity index (χ2n) is 2.91. The van der Waals surface area contributed by atoms with Gasteiger partial charge in [0.2, 0.25) is 5.88 Å². The van der Waals surface area contributed by atoms with E-state index in [1.54, 1.807) is 7.05 Å². The number of benzene rings is 1. The van der Waals surface area contributed by atoms with Gasteiger partial charge in [-0.2, -0.15) is 5.10 Å². The van der Waals surface area contributed by atoms with Gasteiger partial charge in [0.1, 0.15) is 12.0 Å². The van der Waals surface area contributed by atoms with Crippen molar-refractivity contribution in [2.24, 2.45) is 7.05 Å². The van der Waals surface area contributed by atoms with Crippen LogP contribution in [0.1, 0.15) is 0 Å². The molecule has 0 aliphatic rings. The molecular formula is C10H7F2N2O. The van der Waals surface area contributed by atoms with Gasteiger partial charge in [-0.15, -0.1) is 0 Å². The van der Waals surface area contributed by atoms with Gasteiger partial charge in [0.05, 0.1) is 0 Å². The number of hydrogen-bond donors (Lipinski definition) is 0. The van der Waals surface area contributed by atoms with Crippen LogP contribution in [0.3, 0.4) is 0 Å². The van der Waals surface area contributed by atoms with E-state index in [1.165, 1.54) is 10.7 Å². The van der Waals surface area contributed by atoms with Crippen LogP contribution in [0, 0.1) is 17.8 Å². The third-order valence-corrected chi connectivity index (χ3v) is 1.82. The first-order valence-corrected chi connectivity index (χ1v) is 4.20. The highest BCUT2D eigenvalue weighted by atomic mass is 19.1. The topological polar surface area (TPSA) is 27.1 Å². The van der Waals surface area contributed by atoms with E-state index >= 15 is 0 Å². The molecule has 2 aromatic rings. The Morgan fingerprint density at radius 3 is 2.87 bits per heavy atom. The van der Waals surface area contributed by atoms with Gasteiger partial charge in [0.15, 0.2) is 11.6 Å². The van der Waals surface area contributed by atoms with Gasteiger partial charge in [-0.25, -0.2) is 13.5 Å². The van der Waals surface area contributed by atoms with Crippen LogP contribution in [0.15, 0.2) is 24.3 Å². The van der Waals surface area contributed by atoms with Crippen molar-refractivity contribution in [2.75, 3.05) is 0 Å². The molecule has 15 heavy (non-hydrogen) atoms. The van der Waals surface area contributed by atoms with E-state index in [4.69, 9.17) is 4.74 Å². The zero-order valence-corrected chi connectivity index (χ0v) is 7.87. The van der Waals surface area contributed by atoms with Crippen LogP contribution in [0.5, 0.6) is 11.6 Å². The lowest BCUT2D eigenvalue weighted by atomic mass is 10.3. The Labute approximate surface area is 84.9 Å². The monoisotopic (exact) mass is 209 g/mol. The SMILES string of the molecule is Cn1n[c]cc1Oc1cc(F)ccc1F. The van der Waals surface area contributed by atoms with Crippen molar-refractivity contribution in [3.05, 3.63) is 42.1 Å². The number of halogens is 2. The highest BCUT2D eigenvalue weighted by Gasteiger charge is 2.08. The van der Waals surface area contributed by atoms with E-state index in [9.17, 15) is 8.78 Å². The molecular weight excluding hydrogens is 202 g/mol. The average molecular weight is 209 g/mol. The largest absolute Gasteiger partial charge is 0.436 e. The summed E-state index contributed by atoms with van der Waals surface area (Å²) in [6.07, 6.45) is 2.52. The fourth-order valence-corrected chi connectivity index (χ4v) is 1.08. The van der Waals surface area contributed by atoms with Crippen molar-refractivity contribution in [1.29, 1.82) is 0 Å². The first-order valence-electron chi connectivity index (χ1n) is 4.20. The van der Waals surface area contributed by atoms with Crippen molar-refractivity contribution < 1.29 is 13.5 Å². The number of ether oxygens (including phenoxy) is 1. The molecule has 0 N–H and O–H groups in total. The summed E-state index contributed by atoms with van der Waals surface area (Å²) in [5.74, 6) is -1.07. The minimum Gasteiger partial charge on any atom is -0.436 e. The summed E-state index contributed by atoms with van der Waals surface area (Å²) in [6, 6.07) is 4.44. The fraction of sp³-hybridized carbons (Fsp3) is 0.100. The quantitative estimate of drug-likeness (QED) is 0.758. The Hall–Kier alpha value is -1.91. The summed E-state index contributed by atoms with van der Waals surface area (Å²) in [5, 5.41) is 3.72. The van der Waals surface area contributed by atoms with Gasteiger partial charge < -0.3 is 4.74 Å². The molecule has 0 bridgehead atoms. The van der Waals surface area contributed by atoms with E-state index < -0.39 is 11.6 Å². The van der Waals surface area contributed by atoms with Crippen LogP contribution >= 0.6 is 0 Å². The molecule has 3 nitrogen and oxygen atoms in total. The lowest BCUT2D eigenvalue weighted by Crippen LogP contribution is -1.96. The van der Waals surface area contributed by atoms with Gasteiger partial charge in [0.25, 0.3) is 0 Å². The lowest BCUT2D eigenvalue weighted by molar-refractivity contribution is 0.400. The summed E-state index contributed by atoms with van der Waals surface area (Å²) in [7, 11) is 1.61. The second-order valence-corrected chi connectivity index (χ2v) is 2.91. The normalized spacial score (nSPS) is 10.3. The summed E-state index contributed by atoms with van der Waals surface area (Å²) < 4.78 is 32.4. The molecule has 1 aromatic carbocycles. The maximum Gasteiger partial charge on any atom is 0.218 e. The maximum atomic E-state index is 13.2. The smallest absolute Gasteiger partial charge is 0.218 e. The van der Waals surface area contributed by atoms with Crippen molar-refractivity contribution in [3.63, 3.8) is 0 Å². The van der Waals surface area contributed by atoms with Crippen LogP contribution in [0.4, 0.5) is 8.78 Å². The number of nitrogens with zero attached hydrogens (tertiary/aromatic N) is 2. The lowest BCUT2D eigenvalue weighted by Gasteiger charge is -2.05. The van der Waals surface area contributed by atoms with Crippen LogP contribution < -0.4 is 4.74 Å². The van der Waals surface area contributed by atoms with Crippen molar-refractivity contribution >= 4 is 0 Å². The molecule has 1 heterocycles. The number of aryl methyl sites for hydroxylation is 1. The van der Waals surface area contributed by atoms with E-state index in [0.717, 1.165) is 18.2 Å². The standard InChI is InChI=1S/C10H7F2N2O/c1-14-10(4-5-13-14)15-9-6-7(11)2-3-8(9)12/h2-4,6H,1H3. The van der Waals surface area contributed by atoms with Gasteiger partial charge in [0, 0.05) is 19.2 Å². The Balaban J connectivity index is 2.32. The van der Waals surface area contributed by atoms with Crippen LogP contribution in [-0.4, -0.2) is 9.78 Å². The molecule has 0 amide bonds. The zero-order valence-electron chi connectivity index (χ0n) is 7.87. The molecule has 1 radical (unpaired) electrons. The molecule has 0 fully saturated rings. The summed E-state index contributed by atoms with van der Waals surface area (Å²) >= 11 is 0. The molecule has 77 valence electrons. The van der Waals surface area contributed by atoms with Gasteiger partial charge in [-0.1, -0.05) is 0 Å². The van der Waals surface area contributed by atoms with E-state index in [-0.39, 0.29) is 5.75 Å². The Morgan fingerprint density at radius 1 is 1.40 bits per heavy atom. The third kappa shape index (κ3) is 1.96. The van der Waals surface area contributed by atoms with E-state index in [1.807, 2.05) is 0 Å². The molecule has 0 saturated carbocycles. The van der Waals surface area contributed by atoms with Crippen molar-refractivity contribution in [2.45, 2.75) is 0 Å². The highest BCUT2D eigenvalue weighted by molar-refractivity contribution is 5.28. The molecule has 0 aliphatic heterocycles. The van der Waals surface area contributed by atoms with Crippen molar-refractivity contribution in [3.8, 4) is 11.6 Å². The molecule has 2 rings (SSSR count). The number of rotatable bonds is 2. The predicted molar refractivity (Wildman–Crippen MR) is 48.5 cm³/mol. The minimum absolute atomic E-state index is 0.174. The first-order chi connectivity index (χ1) is 7.16. The minimum atomic E-state index is -0.627. The van der Waals surface area contributed by atoms with Crippen LogP contribution in [0.2, 0.25) is 0 Å². The Kier molecular flexibility index (Phi) is 2.37. The number of hydrogen-bond acceptors (Lipinski definition) is 2. The van der Waals surface area contributed by atoms with E-state index in [2.05, 4.69) is 11.3 Å². The highest BCUT2D eigenvalue weighted by Crippen LogP contribution is 2.24. The molecule has 0 unspecified atom stereocenters. The zero-order chi connectivity index (χ0) is 10.8. The molecule has 0 aliphatic carbocycles. The van der Waals surface area contributed by atoms with Gasteiger partial charge in [-0.3, -0.25) is 0 Å². The molecule has 1 aromatic heterocycles. The van der Waals surface area contributed by atoms with Gasteiger partial charge in [-0.05, 0) is 12.1 Å². The summed E-state index contributed by atoms with van der Waals surface area (Å²) in [5.41, 5.74) is 0. The second kappa shape index (κ2) is 3.68. The van der Waals surface area contributed by atoms with E-state index in [0.29, 0.717) is 5.88 Å². The maximum absolute atomic E-state index is 13.2. The van der Waals surface area contributed by atoms with Crippen molar-refractivity contribution in [1.82, 2.24) is 9.78 Å². The predicted octanol–water partition coefficient (Wildman–Crippen LogP) is 2.29. The first kappa shape index (κ1) is 9.64. The average Bonchev–Trinajstić information content (AvgIpc) is 2.58. The molecule has 5 heteroatoms. The molecule has 0 saturated heterocycles. The van der Waals surface area contributed by atoms with Gasteiger partial charge >= 0.3 is 0 Å². The third-order valence-electron chi connectivity index (χ3n) is 1.82. The number of aromatic nitrogens is 2. The molecule has 0 atom stereocenters. The van der Waals surface area contributed by atoms with Crippen LogP contribution in [0.25, 0.3) is 0 Å².